The zero-order valence-corrected chi connectivity index (χ0v) is 7.99. The van der Waals surface area contributed by atoms with Crippen LogP contribution in [0.2, 0.25) is 0 Å². The predicted octanol–water partition coefficient (Wildman–Crippen LogP) is 2.14. The molecule has 0 aliphatic rings. The summed E-state index contributed by atoms with van der Waals surface area (Å²) in [5.41, 5.74) is 0.664. The Kier molecular flexibility index (Phi) is 2.37. The molecule has 0 bridgehead atoms. The number of ether oxygens (including phenoxy) is 1. The first-order valence-electron chi connectivity index (χ1n) is 4.44. The van der Waals surface area contributed by atoms with Gasteiger partial charge in [0, 0.05) is 6.07 Å². The van der Waals surface area contributed by atoms with Gasteiger partial charge >= 0.3 is 11.9 Å². The maximum atomic E-state index is 12.8. The van der Waals surface area contributed by atoms with Crippen LogP contribution in [0.4, 0.5) is 4.39 Å². The third-order valence-electron chi connectivity index (χ3n) is 1.80. The minimum Gasteiger partial charge on any atom is -0.459 e. The first-order chi connectivity index (χ1) is 7.20. The van der Waals surface area contributed by atoms with Gasteiger partial charge in [0.15, 0.2) is 5.58 Å². The van der Waals surface area contributed by atoms with E-state index < -0.39 is 11.8 Å². The summed E-state index contributed by atoms with van der Waals surface area (Å²) in [5, 5.41) is 0. The second-order valence-electron chi connectivity index (χ2n) is 2.85. The largest absolute Gasteiger partial charge is 0.459 e. The van der Waals surface area contributed by atoms with Crippen molar-refractivity contribution in [2.24, 2.45) is 0 Å². The summed E-state index contributed by atoms with van der Waals surface area (Å²) in [7, 11) is 0. The van der Waals surface area contributed by atoms with Crippen molar-refractivity contribution < 1.29 is 18.3 Å². The van der Waals surface area contributed by atoms with Crippen LogP contribution in [0.1, 0.15) is 17.6 Å². The highest BCUT2D eigenvalue weighted by Gasteiger charge is 2.15. The molecule has 0 aliphatic carbocycles. The molecule has 0 radical (unpaired) electrons. The lowest BCUT2D eigenvalue weighted by Gasteiger charge is -1.94. The molecule has 2 aromatic rings. The number of oxazole rings is 1. The molecule has 4 nitrogen and oxygen atoms in total. The molecule has 0 saturated heterocycles. The van der Waals surface area contributed by atoms with Crippen LogP contribution in [0.25, 0.3) is 11.1 Å². The SMILES string of the molecule is CCOC(=O)c1nc2ccc(F)cc2o1. The summed E-state index contributed by atoms with van der Waals surface area (Å²) in [6.45, 7) is 1.92. The first kappa shape index (κ1) is 9.64. The maximum absolute atomic E-state index is 12.8. The van der Waals surface area contributed by atoms with Gasteiger partial charge in [0.05, 0.1) is 6.61 Å². The number of esters is 1. The van der Waals surface area contributed by atoms with Gasteiger partial charge < -0.3 is 9.15 Å². The van der Waals surface area contributed by atoms with Crippen molar-refractivity contribution in [3.8, 4) is 0 Å². The molecule has 1 aromatic carbocycles. The van der Waals surface area contributed by atoms with Gasteiger partial charge in [-0.3, -0.25) is 0 Å². The van der Waals surface area contributed by atoms with E-state index in [-0.39, 0.29) is 18.1 Å². The molecule has 1 heterocycles. The lowest BCUT2D eigenvalue weighted by atomic mass is 10.3. The number of rotatable bonds is 2. The van der Waals surface area contributed by atoms with Crippen molar-refractivity contribution in [2.45, 2.75) is 6.92 Å². The molecule has 15 heavy (non-hydrogen) atoms. The normalized spacial score (nSPS) is 10.5. The fourth-order valence-corrected chi connectivity index (χ4v) is 1.18. The fourth-order valence-electron chi connectivity index (χ4n) is 1.18. The Labute approximate surface area is 84.7 Å². The number of aromatic nitrogens is 1. The number of carbonyl (C=O) groups excluding carboxylic acids is 1. The molecule has 1 aromatic heterocycles. The van der Waals surface area contributed by atoms with Crippen LogP contribution in [-0.4, -0.2) is 17.6 Å². The van der Waals surface area contributed by atoms with E-state index >= 15 is 0 Å². The standard InChI is InChI=1S/C10H8FNO3/c1-2-14-10(13)9-12-7-4-3-6(11)5-8(7)15-9/h3-5H,2H2,1H3. The van der Waals surface area contributed by atoms with Crippen LogP contribution in [0.5, 0.6) is 0 Å². The summed E-state index contributed by atoms with van der Waals surface area (Å²) in [4.78, 5) is 15.1. The van der Waals surface area contributed by atoms with Crippen LogP contribution in [0, 0.1) is 5.82 Å². The average molecular weight is 209 g/mol. The fraction of sp³-hybridized carbons (Fsp3) is 0.200. The Bertz CT molecular complexity index is 506. The van der Waals surface area contributed by atoms with Crippen molar-refractivity contribution in [1.82, 2.24) is 4.98 Å². The molecule has 0 amide bonds. The molecule has 0 spiro atoms. The summed E-state index contributed by atoms with van der Waals surface area (Å²) in [6.07, 6.45) is 0. The van der Waals surface area contributed by atoms with E-state index in [4.69, 9.17) is 9.15 Å². The van der Waals surface area contributed by atoms with Crippen molar-refractivity contribution in [3.63, 3.8) is 0 Å². The highest BCUT2D eigenvalue weighted by Crippen LogP contribution is 2.17. The van der Waals surface area contributed by atoms with E-state index in [1.54, 1.807) is 6.92 Å². The van der Waals surface area contributed by atoms with Crippen molar-refractivity contribution in [3.05, 3.63) is 29.9 Å². The Morgan fingerprint density at radius 3 is 3.13 bits per heavy atom. The maximum Gasteiger partial charge on any atom is 0.394 e. The van der Waals surface area contributed by atoms with E-state index in [1.165, 1.54) is 18.2 Å². The number of fused-ring (bicyclic) bond motifs is 1. The zero-order valence-electron chi connectivity index (χ0n) is 7.99. The zero-order chi connectivity index (χ0) is 10.8. The lowest BCUT2D eigenvalue weighted by molar-refractivity contribution is 0.0483. The molecule has 5 heteroatoms. The Morgan fingerprint density at radius 2 is 2.40 bits per heavy atom. The lowest BCUT2D eigenvalue weighted by Crippen LogP contribution is -2.04. The van der Waals surface area contributed by atoms with Crippen LogP contribution in [-0.2, 0) is 4.74 Å². The Balaban J connectivity index is 2.42. The Morgan fingerprint density at radius 1 is 1.60 bits per heavy atom. The van der Waals surface area contributed by atoms with Gasteiger partial charge in [-0.1, -0.05) is 0 Å². The third-order valence-corrected chi connectivity index (χ3v) is 1.80. The van der Waals surface area contributed by atoms with Crippen molar-refractivity contribution in [1.29, 1.82) is 0 Å². The van der Waals surface area contributed by atoms with E-state index in [0.717, 1.165) is 0 Å². The molecular formula is C10H8FNO3. The van der Waals surface area contributed by atoms with Crippen LogP contribution in [0.15, 0.2) is 22.6 Å². The first-order valence-corrected chi connectivity index (χ1v) is 4.44. The van der Waals surface area contributed by atoms with Crippen LogP contribution >= 0.6 is 0 Å². The van der Waals surface area contributed by atoms with Gasteiger partial charge in [-0.25, -0.2) is 14.2 Å². The second kappa shape index (κ2) is 3.68. The van der Waals surface area contributed by atoms with Crippen molar-refractivity contribution >= 4 is 17.1 Å². The number of carbonyl (C=O) groups is 1. The van der Waals surface area contributed by atoms with E-state index in [1.807, 2.05) is 0 Å². The van der Waals surface area contributed by atoms with Crippen LogP contribution in [0.3, 0.4) is 0 Å². The minimum atomic E-state index is -0.644. The Hall–Kier alpha value is -1.91. The third kappa shape index (κ3) is 1.81. The number of nitrogens with zero attached hydrogens (tertiary/aromatic N) is 1. The highest BCUT2D eigenvalue weighted by molar-refractivity contribution is 5.88. The summed E-state index contributed by atoms with van der Waals surface area (Å²) in [6, 6.07) is 3.86. The molecular weight excluding hydrogens is 201 g/mol. The van der Waals surface area contributed by atoms with Gasteiger partial charge in [-0.15, -0.1) is 0 Å². The molecule has 78 valence electrons. The molecule has 0 atom stereocenters. The van der Waals surface area contributed by atoms with E-state index in [0.29, 0.717) is 5.52 Å². The molecule has 0 N–H and O–H groups in total. The summed E-state index contributed by atoms with van der Waals surface area (Å²) >= 11 is 0. The molecule has 0 aliphatic heterocycles. The predicted molar refractivity (Wildman–Crippen MR) is 49.9 cm³/mol. The van der Waals surface area contributed by atoms with Gasteiger partial charge in [0.1, 0.15) is 11.3 Å². The monoisotopic (exact) mass is 209 g/mol. The van der Waals surface area contributed by atoms with E-state index in [9.17, 15) is 9.18 Å². The molecule has 0 saturated carbocycles. The number of benzene rings is 1. The quantitative estimate of drug-likeness (QED) is 0.711. The number of hydrogen-bond acceptors (Lipinski definition) is 4. The topological polar surface area (TPSA) is 52.3 Å². The van der Waals surface area contributed by atoms with Gasteiger partial charge in [-0.2, -0.15) is 0 Å². The molecule has 2 rings (SSSR count). The number of hydrogen-bond donors (Lipinski definition) is 0. The van der Waals surface area contributed by atoms with Gasteiger partial charge in [-0.05, 0) is 19.1 Å². The molecule has 0 fully saturated rings. The van der Waals surface area contributed by atoms with Crippen LogP contribution < -0.4 is 0 Å². The van der Waals surface area contributed by atoms with E-state index in [2.05, 4.69) is 4.98 Å². The summed E-state index contributed by atoms with van der Waals surface area (Å²) in [5.74, 6) is -1.24. The highest BCUT2D eigenvalue weighted by atomic mass is 19.1. The average Bonchev–Trinajstić information content (AvgIpc) is 2.60. The smallest absolute Gasteiger partial charge is 0.394 e. The van der Waals surface area contributed by atoms with Gasteiger partial charge in [0.25, 0.3) is 0 Å². The minimum absolute atomic E-state index is 0.155. The molecule has 0 unspecified atom stereocenters. The van der Waals surface area contributed by atoms with Crippen molar-refractivity contribution in [2.75, 3.05) is 6.61 Å². The van der Waals surface area contributed by atoms with Gasteiger partial charge in [0.2, 0.25) is 0 Å². The second-order valence-corrected chi connectivity index (χ2v) is 2.85. The summed E-state index contributed by atoms with van der Waals surface area (Å²) < 4.78 is 22.5. The number of halogens is 1.